The van der Waals surface area contributed by atoms with Crippen LogP contribution in [0.4, 0.5) is 21.7 Å². The third-order valence-electron chi connectivity index (χ3n) is 3.44. The lowest BCUT2D eigenvalue weighted by Crippen LogP contribution is -2.13. The molecule has 0 aliphatic heterocycles. The van der Waals surface area contributed by atoms with Crippen molar-refractivity contribution in [3.8, 4) is 5.75 Å². The first-order valence-corrected chi connectivity index (χ1v) is 8.03. The van der Waals surface area contributed by atoms with Crippen molar-refractivity contribution in [2.24, 2.45) is 0 Å². The minimum Gasteiger partial charge on any atom is -0.494 e. The van der Waals surface area contributed by atoms with Crippen LogP contribution in [0.1, 0.15) is 17.3 Å². The maximum atomic E-state index is 12.9. The highest BCUT2D eigenvalue weighted by Gasteiger charge is 2.08. The summed E-state index contributed by atoms with van der Waals surface area (Å²) in [6.07, 6.45) is 2.84. The highest BCUT2D eigenvalue weighted by atomic mass is 19.1. The molecule has 0 unspecified atom stereocenters. The maximum Gasteiger partial charge on any atom is 0.258 e. The SMILES string of the molecule is CCOc1ccc(Nc2ncc(C(=O)Nc3ccc(F)cc3)cn2)cc1. The first-order valence-electron chi connectivity index (χ1n) is 8.03. The van der Waals surface area contributed by atoms with Crippen molar-refractivity contribution in [1.82, 2.24) is 9.97 Å². The molecule has 0 fully saturated rings. The molecule has 0 saturated heterocycles. The fourth-order valence-corrected chi connectivity index (χ4v) is 2.18. The van der Waals surface area contributed by atoms with E-state index >= 15 is 0 Å². The quantitative estimate of drug-likeness (QED) is 0.701. The normalized spacial score (nSPS) is 10.2. The number of hydrogen-bond donors (Lipinski definition) is 2. The van der Waals surface area contributed by atoms with Gasteiger partial charge in [0.2, 0.25) is 5.95 Å². The summed E-state index contributed by atoms with van der Waals surface area (Å²) in [5.41, 5.74) is 1.59. The van der Waals surface area contributed by atoms with Crippen LogP contribution in [0.15, 0.2) is 60.9 Å². The van der Waals surface area contributed by atoms with Gasteiger partial charge in [-0.2, -0.15) is 0 Å². The molecule has 2 N–H and O–H groups in total. The van der Waals surface area contributed by atoms with Gasteiger partial charge < -0.3 is 15.4 Å². The van der Waals surface area contributed by atoms with E-state index in [1.165, 1.54) is 36.7 Å². The predicted molar refractivity (Wildman–Crippen MR) is 97.3 cm³/mol. The van der Waals surface area contributed by atoms with E-state index in [0.29, 0.717) is 23.8 Å². The molecule has 1 amide bonds. The number of benzene rings is 2. The van der Waals surface area contributed by atoms with E-state index in [2.05, 4.69) is 20.6 Å². The Hall–Kier alpha value is -3.48. The monoisotopic (exact) mass is 352 g/mol. The van der Waals surface area contributed by atoms with Crippen LogP contribution in [0.2, 0.25) is 0 Å². The van der Waals surface area contributed by atoms with E-state index in [-0.39, 0.29) is 11.7 Å². The Labute approximate surface area is 150 Å². The molecule has 0 atom stereocenters. The molecular formula is C19H17FN4O2. The van der Waals surface area contributed by atoms with Gasteiger partial charge in [0.25, 0.3) is 5.91 Å². The lowest BCUT2D eigenvalue weighted by molar-refractivity contribution is 0.102. The average molecular weight is 352 g/mol. The Balaban J connectivity index is 1.62. The lowest BCUT2D eigenvalue weighted by atomic mass is 10.2. The van der Waals surface area contributed by atoms with Gasteiger partial charge in [-0.1, -0.05) is 0 Å². The van der Waals surface area contributed by atoms with Gasteiger partial charge in [0.15, 0.2) is 0 Å². The van der Waals surface area contributed by atoms with E-state index in [9.17, 15) is 9.18 Å². The minimum absolute atomic E-state index is 0.298. The summed E-state index contributed by atoms with van der Waals surface area (Å²) in [5.74, 6) is 0.416. The van der Waals surface area contributed by atoms with Crippen LogP contribution in [0.3, 0.4) is 0 Å². The number of hydrogen-bond acceptors (Lipinski definition) is 5. The van der Waals surface area contributed by atoms with E-state index in [1.807, 2.05) is 31.2 Å². The van der Waals surface area contributed by atoms with Crippen LogP contribution in [-0.4, -0.2) is 22.5 Å². The summed E-state index contributed by atoms with van der Waals surface area (Å²) in [4.78, 5) is 20.4. The second-order valence-electron chi connectivity index (χ2n) is 5.34. The van der Waals surface area contributed by atoms with E-state index < -0.39 is 0 Å². The van der Waals surface area contributed by atoms with Crippen LogP contribution < -0.4 is 15.4 Å². The molecule has 26 heavy (non-hydrogen) atoms. The van der Waals surface area contributed by atoms with E-state index in [1.54, 1.807) is 0 Å². The van der Waals surface area contributed by atoms with Gasteiger partial charge in [0.1, 0.15) is 11.6 Å². The van der Waals surface area contributed by atoms with Crippen molar-refractivity contribution in [2.75, 3.05) is 17.2 Å². The fraction of sp³-hybridized carbons (Fsp3) is 0.105. The van der Waals surface area contributed by atoms with Crippen LogP contribution in [0.5, 0.6) is 5.75 Å². The Bertz CT molecular complexity index is 866. The third-order valence-corrected chi connectivity index (χ3v) is 3.44. The second kappa shape index (κ2) is 8.06. The molecule has 6 nitrogen and oxygen atoms in total. The molecule has 132 valence electrons. The summed E-state index contributed by atoms with van der Waals surface area (Å²) in [7, 11) is 0. The molecule has 0 bridgehead atoms. The molecule has 3 rings (SSSR count). The summed E-state index contributed by atoms with van der Waals surface area (Å²) >= 11 is 0. The first kappa shape index (κ1) is 17.3. The van der Waals surface area contributed by atoms with Crippen molar-refractivity contribution in [1.29, 1.82) is 0 Å². The van der Waals surface area contributed by atoms with Crippen LogP contribution in [0.25, 0.3) is 0 Å². The largest absolute Gasteiger partial charge is 0.494 e. The predicted octanol–water partition coefficient (Wildman–Crippen LogP) is 4.01. The second-order valence-corrected chi connectivity index (χ2v) is 5.34. The number of nitrogens with zero attached hydrogens (tertiary/aromatic N) is 2. The van der Waals surface area contributed by atoms with Gasteiger partial charge in [-0.25, -0.2) is 14.4 Å². The Kier molecular flexibility index (Phi) is 5.38. The molecule has 0 spiro atoms. The summed E-state index contributed by atoms with van der Waals surface area (Å²) in [6, 6.07) is 12.9. The topological polar surface area (TPSA) is 76.1 Å². The van der Waals surface area contributed by atoms with Gasteiger partial charge in [0, 0.05) is 23.8 Å². The molecule has 1 heterocycles. The number of carbonyl (C=O) groups is 1. The minimum atomic E-state index is -0.371. The van der Waals surface area contributed by atoms with E-state index in [0.717, 1.165) is 11.4 Å². The van der Waals surface area contributed by atoms with Gasteiger partial charge in [-0.05, 0) is 55.5 Å². The number of halogens is 1. The Morgan fingerprint density at radius 1 is 1.00 bits per heavy atom. The van der Waals surface area contributed by atoms with Crippen LogP contribution in [-0.2, 0) is 0 Å². The molecular weight excluding hydrogens is 335 g/mol. The standard InChI is InChI=1S/C19H17FN4O2/c1-2-26-17-9-7-16(8-10-17)24-19-21-11-13(12-22-19)18(25)23-15-5-3-14(20)4-6-15/h3-12H,2H2,1H3,(H,23,25)(H,21,22,24). The zero-order valence-electron chi connectivity index (χ0n) is 14.1. The lowest BCUT2D eigenvalue weighted by Gasteiger charge is -2.08. The van der Waals surface area contributed by atoms with Crippen LogP contribution in [0, 0.1) is 5.82 Å². The molecule has 1 aromatic heterocycles. The van der Waals surface area contributed by atoms with Gasteiger partial charge in [0.05, 0.1) is 12.2 Å². The molecule has 2 aromatic carbocycles. The maximum absolute atomic E-state index is 12.9. The van der Waals surface area contributed by atoms with E-state index in [4.69, 9.17) is 4.74 Å². The number of amides is 1. The summed E-state index contributed by atoms with van der Waals surface area (Å²) < 4.78 is 18.3. The first-order chi connectivity index (χ1) is 12.6. The Morgan fingerprint density at radius 2 is 1.62 bits per heavy atom. The highest BCUT2D eigenvalue weighted by Crippen LogP contribution is 2.18. The molecule has 0 aliphatic carbocycles. The number of ether oxygens (including phenoxy) is 1. The molecule has 7 heteroatoms. The molecule has 0 radical (unpaired) electrons. The molecule has 0 aliphatic rings. The van der Waals surface area contributed by atoms with Crippen molar-refractivity contribution < 1.29 is 13.9 Å². The van der Waals surface area contributed by atoms with Crippen molar-refractivity contribution in [3.63, 3.8) is 0 Å². The zero-order valence-corrected chi connectivity index (χ0v) is 14.1. The fourth-order valence-electron chi connectivity index (χ4n) is 2.18. The average Bonchev–Trinajstić information content (AvgIpc) is 2.66. The van der Waals surface area contributed by atoms with Gasteiger partial charge in [-0.3, -0.25) is 4.79 Å². The van der Waals surface area contributed by atoms with Crippen molar-refractivity contribution >= 4 is 23.2 Å². The highest BCUT2D eigenvalue weighted by molar-refractivity contribution is 6.03. The van der Waals surface area contributed by atoms with Crippen molar-refractivity contribution in [3.05, 3.63) is 72.3 Å². The summed E-state index contributed by atoms with van der Waals surface area (Å²) in [6.45, 7) is 2.53. The van der Waals surface area contributed by atoms with Gasteiger partial charge >= 0.3 is 0 Å². The van der Waals surface area contributed by atoms with Gasteiger partial charge in [-0.15, -0.1) is 0 Å². The third kappa shape index (κ3) is 4.54. The number of rotatable bonds is 6. The number of aromatic nitrogens is 2. The smallest absolute Gasteiger partial charge is 0.258 e. The number of nitrogens with one attached hydrogen (secondary N) is 2. The number of carbonyl (C=O) groups excluding carboxylic acids is 1. The number of anilines is 3. The zero-order chi connectivity index (χ0) is 18.4. The summed E-state index contributed by atoms with van der Waals surface area (Å²) in [5, 5.41) is 5.70. The van der Waals surface area contributed by atoms with Crippen molar-refractivity contribution in [2.45, 2.75) is 6.92 Å². The molecule has 0 saturated carbocycles. The molecule has 3 aromatic rings. The Morgan fingerprint density at radius 3 is 2.23 bits per heavy atom. The van der Waals surface area contributed by atoms with Crippen LogP contribution >= 0.6 is 0 Å².